The molecule has 2 fully saturated rings. The number of ether oxygens (including phenoxy) is 1. The Kier molecular flexibility index (Phi) is 2.22. The largest absolute Gasteiger partial charge is 0.381 e. The molecule has 2 aliphatic rings. The number of rotatable bonds is 1. The maximum Gasteiger partial charge on any atom is 0.142 e. The maximum absolute atomic E-state index is 12.1. The van der Waals surface area contributed by atoms with Gasteiger partial charge in [0.2, 0.25) is 0 Å². The molecule has 0 radical (unpaired) electrons. The highest BCUT2D eigenvalue weighted by Gasteiger charge is 2.55. The van der Waals surface area contributed by atoms with E-state index in [1.54, 1.807) is 7.11 Å². The third kappa shape index (κ3) is 1.50. The van der Waals surface area contributed by atoms with E-state index >= 15 is 0 Å². The SMILES string of the molecule is COC1CC2CC2C(=O)C1C(C)(C)C. The fourth-order valence-corrected chi connectivity index (χ4v) is 2.92. The van der Waals surface area contributed by atoms with Crippen molar-refractivity contribution in [2.75, 3.05) is 7.11 Å². The lowest BCUT2D eigenvalue weighted by atomic mass is 9.70. The molecule has 0 saturated heterocycles. The Bertz CT molecular complexity index is 252. The lowest BCUT2D eigenvalue weighted by molar-refractivity contribution is -0.138. The van der Waals surface area contributed by atoms with E-state index in [0.29, 0.717) is 17.6 Å². The van der Waals surface area contributed by atoms with Gasteiger partial charge in [0.1, 0.15) is 5.78 Å². The lowest BCUT2D eigenvalue weighted by Gasteiger charge is -2.37. The molecule has 0 aromatic heterocycles. The Labute approximate surface area is 86.0 Å². The third-order valence-corrected chi connectivity index (χ3v) is 3.74. The van der Waals surface area contributed by atoms with Gasteiger partial charge < -0.3 is 4.74 Å². The van der Waals surface area contributed by atoms with E-state index in [1.807, 2.05) is 0 Å². The van der Waals surface area contributed by atoms with Gasteiger partial charge in [-0.15, -0.1) is 0 Å². The van der Waals surface area contributed by atoms with Gasteiger partial charge in [-0.05, 0) is 24.2 Å². The van der Waals surface area contributed by atoms with Crippen LogP contribution in [0.5, 0.6) is 0 Å². The Morgan fingerprint density at radius 3 is 2.43 bits per heavy atom. The number of ketones is 1. The summed E-state index contributed by atoms with van der Waals surface area (Å²) in [7, 11) is 1.74. The van der Waals surface area contributed by atoms with E-state index in [1.165, 1.54) is 0 Å². The van der Waals surface area contributed by atoms with E-state index in [0.717, 1.165) is 12.8 Å². The van der Waals surface area contributed by atoms with Gasteiger partial charge in [0.05, 0.1) is 6.10 Å². The van der Waals surface area contributed by atoms with Crippen LogP contribution in [-0.4, -0.2) is 19.0 Å². The van der Waals surface area contributed by atoms with Crippen molar-refractivity contribution in [2.24, 2.45) is 23.2 Å². The molecule has 2 saturated carbocycles. The summed E-state index contributed by atoms with van der Waals surface area (Å²) in [5, 5.41) is 0. The van der Waals surface area contributed by atoms with Crippen LogP contribution < -0.4 is 0 Å². The van der Waals surface area contributed by atoms with E-state index in [9.17, 15) is 4.79 Å². The van der Waals surface area contributed by atoms with E-state index in [4.69, 9.17) is 4.74 Å². The summed E-state index contributed by atoms with van der Waals surface area (Å²) in [6, 6.07) is 0. The van der Waals surface area contributed by atoms with Crippen molar-refractivity contribution >= 4 is 5.78 Å². The second-order valence-electron chi connectivity index (χ2n) is 5.86. The monoisotopic (exact) mass is 196 g/mol. The zero-order chi connectivity index (χ0) is 10.5. The summed E-state index contributed by atoms with van der Waals surface area (Å²) < 4.78 is 5.48. The normalized spacial score (nSPS) is 42.1. The van der Waals surface area contributed by atoms with Crippen molar-refractivity contribution in [2.45, 2.75) is 39.7 Å². The third-order valence-electron chi connectivity index (χ3n) is 3.74. The summed E-state index contributed by atoms with van der Waals surface area (Å²) in [5.41, 5.74) is 0.0469. The summed E-state index contributed by atoms with van der Waals surface area (Å²) in [6.45, 7) is 6.43. The first-order valence-electron chi connectivity index (χ1n) is 5.51. The molecule has 4 atom stereocenters. The highest BCUT2D eigenvalue weighted by atomic mass is 16.5. The minimum absolute atomic E-state index is 0.0469. The van der Waals surface area contributed by atoms with Crippen LogP contribution in [0, 0.1) is 23.2 Å². The van der Waals surface area contributed by atoms with E-state index < -0.39 is 0 Å². The molecule has 0 heterocycles. The predicted octanol–water partition coefficient (Wildman–Crippen LogP) is 2.27. The molecule has 14 heavy (non-hydrogen) atoms. The molecule has 0 amide bonds. The fourth-order valence-electron chi connectivity index (χ4n) is 2.92. The second-order valence-corrected chi connectivity index (χ2v) is 5.86. The Balaban J connectivity index is 2.21. The highest BCUT2D eigenvalue weighted by molar-refractivity contribution is 5.88. The Hall–Kier alpha value is -0.370. The molecule has 0 aromatic carbocycles. The van der Waals surface area contributed by atoms with Crippen LogP contribution in [0.3, 0.4) is 0 Å². The number of hydrogen-bond acceptors (Lipinski definition) is 2. The van der Waals surface area contributed by atoms with Crippen LogP contribution in [0.4, 0.5) is 0 Å². The van der Waals surface area contributed by atoms with Crippen molar-refractivity contribution in [3.8, 4) is 0 Å². The molecular weight excluding hydrogens is 176 g/mol. The first-order chi connectivity index (χ1) is 6.45. The number of fused-ring (bicyclic) bond motifs is 1. The quantitative estimate of drug-likeness (QED) is 0.643. The molecule has 0 spiro atoms. The summed E-state index contributed by atoms with van der Waals surface area (Å²) in [4.78, 5) is 12.1. The average Bonchev–Trinajstić information content (AvgIpc) is 2.80. The number of hydrogen-bond donors (Lipinski definition) is 0. The van der Waals surface area contributed by atoms with Gasteiger partial charge >= 0.3 is 0 Å². The molecule has 0 aliphatic heterocycles. The first kappa shape index (κ1) is 10.2. The van der Waals surface area contributed by atoms with Crippen LogP contribution >= 0.6 is 0 Å². The summed E-state index contributed by atoms with van der Waals surface area (Å²) >= 11 is 0. The number of methoxy groups -OCH3 is 1. The summed E-state index contributed by atoms with van der Waals surface area (Å²) in [6.07, 6.45) is 2.37. The molecule has 2 heteroatoms. The standard InChI is InChI=1S/C12H20O2/c1-12(2,3)10-9(14-4)6-7-5-8(7)11(10)13/h7-10H,5-6H2,1-4H3. The van der Waals surface area contributed by atoms with Gasteiger partial charge in [0.25, 0.3) is 0 Å². The topological polar surface area (TPSA) is 26.3 Å². The predicted molar refractivity (Wildman–Crippen MR) is 55.0 cm³/mol. The van der Waals surface area contributed by atoms with Gasteiger partial charge in [0, 0.05) is 18.9 Å². The number of Topliss-reactive ketones (excluding diaryl/α,β-unsaturated/α-hetero) is 1. The molecular formula is C12H20O2. The zero-order valence-corrected chi connectivity index (χ0v) is 9.54. The minimum Gasteiger partial charge on any atom is -0.381 e. The maximum atomic E-state index is 12.1. The van der Waals surface area contributed by atoms with Gasteiger partial charge in [-0.1, -0.05) is 20.8 Å². The van der Waals surface area contributed by atoms with Crippen molar-refractivity contribution < 1.29 is 9.53 Å². The molecule has 2 rings (SSSR count). The fraction of sp³-hybridized carbons (Fsp3) is 0.917. The van der Waals surface area contributed by atoms with Gasteiger partial charge in [-0.3, -0.25) is 4.79 Å². The summed E-state index contributed by atoms with van der Waals surface area (Å²) in [5.74, 6) is 1.59. The van der Waals surface area contributed by atoms with Gasteiger partial charge in [0.15, 0.2) is 0 Å². The first-order valence-corrected chi connectivity index (χ1v) is 5.51. The van der Waals surface area contributed by atoms with Gasteiger partial charge in [-0.25, -0.2) is 0 Å². The molecule has 0 aromatic rings. The lowest BCUT2D eigenvalue weighted by Crippen LogP contribution is -2.43. The van der Waals surface area contributed by atoms with Crippen LogP contribution in [0.15, 0.2) is 0 Å². The van der Waals surface area contributed by atoms with Crippen molar-refractivity contribution in [1.29, 1.82) is 0 Å². The molecule has 2 nitrogen and oxygen atoms in total. The van der Waals surface area contributed by atoms with Crippen LogP contribution in [-0.2, 0) is 9.53 Å². The number of carbonyl (C=O) groups excluding carboxylic acids is 1. The van der Waals surface area contributed by atoms with Crippen LogP contribution in [0.1, 0.15) is 33.6 Å². The Morgan fingerprint density at radius 2 is 1.93 bits per heavy atom. The van der Waals surface area contributed by atoms with Crippen molar-refractivity contribution in [3.05, 3.63) is 0 Å². The zero-order valence-electron chi connectivity index (χ0n) is 9.54. The molecule has 0 bridgehead atoms. The van der Waals surface area contributed by atoms with E-state index in [2.05, 4.69) is 20.8 Å². The van der Waals surface area contributed by atoms with Crippen molar-refractivity contribution in [3.63, 3.8) is 0 Å². The molecule has 4 unspecified atom stereocenters. The molecule has 0 N–H and O–H groups in total. The van der Waals surface area contributed by atoms with Crippen LogP contribution in [0.2, 0.25) is 0 Å². The highest BCUT2D eigenvalue weighted by Crippen LogP contribution is 2.53. The van der Waals surface area contributed by atoms with Crippen LogP contribution in [0.25, 0.3) is 0 Å². The Morgan fingerprint density at radius 1 is 1.29 bits per heavy atom. The van der Waals surface area contributed by atoms with Crippen molar-refractivity contribution in [1.82, 2.24) is 0 Å². The molecule has 2 aliphatic carbocycles. The molecule has 80 valence electrons. The minimum atomic E-state index is 0.0469. The smallest absolute Gasteiger partial charge is 0.142 e. The second kappa shape index (κ2) is 3.06. The average molecular weight is 196 g/mol. The number of carbonyl (C=O) groups is 1. The van der Waals surface area contributed by atoms with E-state index in [-0.39, 0.29) is 17.4 Å². The van der Waals surface area contributed by atoms with Gasteiger partial charge in [-0.2, -0.15) is 0 Å².